The van der Waals surface area contributed by atoms with E-state index in [1.54, 1.807) is 17.9 Å². The van der Waals surface area contributed by atoms with Crippen LogP contribution in [0.2, 0.25) is 0 Å². The number of anilines is 2. The molecule has 2 aromatic rings. The molecule has 4 heteroatoms. The molecular weight excluding hydrogens is 288 g/mol. The van der Waals surface area contributed by atoms with Crippen molar-refractivity contribution in [2.45, 2.75) is 26.7 Å². The van der Waals surface area contributed by atoms with Gasteiger partial charge < -0.3 is 10.2 Å². The zero-order valence-electron chi connectivity index (χ0n) is 13.4. The van der Waals surface area contributed by atoms with Crippen molar-refractivity contribution >= 4 is 23.2 Å². The topological polar surface area (TPSA) is 49.4 Å². The molecular formula is C19H20N2O2. The van der Waals surface area contributed by atoms with Gasteiger partial charge in [-0.1, -0.05) is 17.7 Å². The van der Waals surface area contributed by atoms with Gasteiger partial charge in [-0.15, -0.1) is 0 Å². The molecule has 0 aliphatic carbocycles. The fourth-order valence-corrected chi connectivity index (χ4v) is 2.99. The highest BCUT2D eigenvalue weighted by molar-refractivity contribution is 6.04. The average Bonchev–Trinajstić information content (AvgIpc) is 2.54. The lowest BCUT2D eigenvalue weighted by atomic mass is 10.0. The third-order valence-electron chi connectivity index (χ3n) is 4.12. The minimum atomic E-state index is -0.118. The van der Waals surface area contributed by atoms with E-state index in [-0.39, 0.29) is 11.8 Å². The molecule has 2 amide bonds. The van der Waals surface area contributed by atoms with E-state index in [9.17, 15) is 9.59 Å². The number of nitrogens with one attached hydrogen (secondary N) is 1. The molecule has 1 heterocycles. The second-order valence-electron chi connectivity index (χ2n) is 5.94. The Kier molecular flexibility index (Phi) is 4.15. The summed E-state index contributed by atoms with van der Waals surface area (Å²) in [6, 6.07) is 13.3. The summed E-state index contributed by atoms with van der Waals surface area (Å²) in [4.78, 5) is 25.8. The zero-order valence-corrected chi connectivity index (χ0v) is 13.4. The first-order valence-electron chi connectivity index (χ1n) is 7.83. The van der Waals surface area contributed by atoms with Gasteiger partial charge >= 0.3 is 0 Å². The van der Waals surface area contributed by atoms with Gasteiger partial charge in [0, 0.05) is 30.4 Å². The van der Waals surface area contributed by atoms with Gasteiger partial charge in [-0.25, -0.2) is 0 Å². The van der Waals surface area contributed by atoms with Crippen LogP contribution in [0.4, 0.5) is 11.4 Å². The number of hydrogen-bond donors (Lipinski definition) is 1. The van der Waals surface area contributed by atoms with E-state index in [2.05, 4.69) is 5.32 Å². The second kappa shape index (κ2) is 6.24. The fraction of sp³-hybridized carbons (Fsp3) is 0.263. The molecule has 1 aliphatic heterocycles. The summed E-state index contributed by atoms with van der Waals surface area (Å²) < 4.78 is 0. The first kappa shape index (κ1) is 15.3. The molecule has 0 fully saturated rings. The third kappa shape index (κ3) is 3.26. The maximum absolute atomic E-state index is 12.3. The first-order valence-corrected chi connectivity index (χ1v) is 7.83. The maximum Gasteiger partial charge on any atom is 0.255 e. The summed E-state index contributed by atoms with van der Waals surface area (Å²) in [7, 11) is 0. The number of fused-ring (bicyclic) bond motifs is 1. The molecule has 23 heavy (non-hydrogen) atoms. The molecule has 0 atom stereocenters. The molecule has 0 saturated heterocycles. The highest BCUT2D eigenvalue weighted by Crippen LogP contribution is 2.29. The van der Waals surface area contributed by atoms with Crippen LogP contribution in [0, 0.1) is 6.92 Å². The molecule has 0 spiro atoms. The molecule has 0 radical (unpaired) electrons. The maximum atomic E-state index is 12.3. The lowest BCUT2D eigenvalue weighted by molar-refractivity contribution is -0.116. The Morgan fingerprint density at radius 1 is 1.13 bits per heavy atom. The quantitative estimate of drug-likeness (QED) is 0.922. The average molecular weight is 308 g/mol. The van der Waals surface area contributed by atoms with Crippen molar-refractivity contribution in [3.05, 3.63) is 59.2 Å². The summed E-state index contributed by atoms with van der Waals surface area (Å²) in [5.74, 6) is -0.0598. The molecule has 4 nitrogen and oxygen atoms in total. The Morgan fingerprint density at radius 2 is 1.96 bits per heavy atom. The Balaban J connectivity index is 1.82. The van der Waals surface area contributed by atoms with Crippen LogP contribution in [0.5, 0.6) is 0 Å². The zero-order chi connectivity index (χ0) is 16.4. The summed E-state index contributed by atoms with van der Waals surface area (Å²) >= 11 is 0. The normalized spacial score (nSPS) is 13.4. The monoisotopic (exact) mass is 308 g/mol. The van der Waals surface area contributed by atoms with Crippen molar-refractivity contribution in [3.8, 4) is 0 Å². The molecule has 2 aromatic carbocycles. The molecule has 118 valence electrons. The lowest BCUT2D eigenvalue weighted by Gasteiger charge is -2.29. The van der Waals surface area contributed by atoms with Crippen molar-refractivity contribution in [2.24, 2.45) is 0 Å². The van der Waals surface area contributed by atoms with E-state index in [0.717, 1.165) is 41.9 Å². The standard InChI is InChI=1S/C19H20N2O2/c1-13-5-3-6-16(11-13)19(23)20-17-8-9-18-15(12-17)7-4-10-21(18)14(2)22/h3,5-6,8-9,11-12H,4,7,10H2,1-2H3,(H,20,23). The van der Waals surface area contributed by atoms with Gasteiger partial charge in [0.25, 0.3) is 5.91 Å². The Labute approximate surface area is 136 Å². The van der Waals surface area contributed by atoms with Crippen LogP contribution in [0.3, 0.4) is 0 Å². The van der Waals surface area contributed by atoms with Gasteiger partial charge in [-0.05, 0) is 55.7 Å². The van der Waals surface area contributed by atoms with Gasteiger partial charge in [0.05, 0.1) is 0 Å². The lowest BCUT2D eigenvalue weighted by Crippen LogP contribution is -2.33. The van der Waals surface area contributed by atoms with Crippen LogP contribution in [-0.2, 0) is 11.2 Å². The Morgan fingerprint density at radius 3 is 2.70 bits per heavy atom. The molecule has 0 bridgehead atoms. The Bertz CT molecular complexity index is 768. The van der Waals surface area contributed by atoms with E-state index < -0.39 is 0 Å². The number of carbonyl (C=O) groups excluding carboxylic acids is 2. The Hall–Kier alpha value is -2.62. The highest BCUT2D eigenvalue weighted by atomic mass is 16.2. The van der Waals surface area contributed by atoms with E-state index in [0.29, 0.717) is 5.56 Å². The number of benzene rings is 2. The van der Waals surface area contributed by atoms with Crippen LogP contribution in [0.1, 0.15) is 34.8 Å². The number of carbonyl (C=O) groups is 2. The highest BCUT2D eigenvalue weighted by Gasteiger charge is 2.20. The minimum absolute atomic E-state index is 0.0579. The van der Waals surface area contributed by atoms with Crippen molar-refractivity contribution in [2.75, 3.05) is 16.8 Å². The van der Waals surface area contributed by atoms with Crippen LogP contribution >= 0.6 is 0 Å². The van der Waals surface area contributed by atoms with Gasteiger partial charge in [-0.2, -0.15) is 0 Å². The molecule has 3 rings (SSSR count). The summed E-state index contributed by atoms with van der Waals surface area (Å²) in [5, 5.41) is 2.94. The van der Waals surface area contributed by atoms with Crippen molar-refractivity contribution in [3.63, 3.8) is 0 Å². The number of hydrogen-bond acceptors (Lipinski definition) is 2. The first-order chi connectivity index (χ1) is 11.0. The predicted molar refractivity (Wildman–Crippen MR) is 91.9 cm³/mol. The number of rotatable bonds is 2. The van der Waals surface area contributed by atoms with Gasteiger partial charge in [0.1, 0.15) is 0 Å². The SMILES string of the molecule is CC(=O)N1CCCc2cc(NC(=O)c3cccc(C)c3)ccc21. The van der Waals surface area contributed by atoms with Crippen molar-refractivity contribution < 1.29 is 9.59 Å². The van der Waals surface area contributed by atoms with Gasteiger partial charge in [0.2, 0.25) is 5.91 Å². The van der Waals surface area contributed by atoms with E-state index in [4.69, 9.17) is 0 Å². The summed E-state index contributed by atoms with van der Waals surface area (Å²) in [5.41, 5.74) is 4.53. The fourth-order valence-electron chi connectivity index (χ4n) is 2.99. The molecule has 1 N–H and O–H groups in total. The van der Waals surface area contributed by atoms with Gasteiger partial charge in [0.15, 0.2) is 0 Å². The minimum Gasteiger partial charge on any atom is -0.322 e. The molecule has 0 saturated carbocycles. The molecule has 0 aromatic heterocycles. The summed E-state index contributed by atoms with van der Waals surface area (Å²) in [6.45, 7) is 4.31. The molecule has 1 aliphatic rings. The van der Waals surface area contributed by atoms with E-state index in [1.807, 2.05) is 43.3 Å². The smallest absolute Gasteiger partial charge is 0.255 e. The van der Waals surface area contributed by atoms with Crippen LogP contribution in [-0.4, -0.2) is 18.4 Å². The van der Waals surface area contributed by atoms with Gasteiger partial charge in [-0.3, -0.25) is 9.59 Å². The summed E-state index contributed by atoms with van der Waals surface area (Å²) in [6.07, 6.45) is 1.87. The largest absolute Gasteiger partial charge is 0.322 e. The second-order valence-corrected chi connectivity index (χ2v) is 5.94. The predicted octanol–water partition coefficient (Wildman–Crippen LogP) is 3.55. The van der Waals surface area contributed by atoms with Crippen LogP contribution < -0.4 is 10.2 Å². The third-order valence-corrected chi connectivity index (χ3v) is 4.12. The van der Waals surface area contributed by atoms with Crippen molar-refractivity contribution in [1.29, 1.82) is 0 Å². The van der Waals surface area contributed by atoms with E-state index in [1.165, 1.54) is 0 Å². The number of amides is 2. The van der Waals surface area contributed by atoms with Crippen LogP contribution in [0.15, 0.2) is 42.5 Å². The van der Waals surface area contributed by atoms with Crippen molar-refractivity contribution in [1.82, 2.24) is 0 Å². The van der Waals surface area contributed by atoms with Crippen LogP contribution in [0.25, 0.3) is 0 Å². The molecule has 0 unspecified atom stereocenters. The number of aryl methyl sites for hydroxylation is 2. The van der Waals surface area contributed by atoms with E-state index >= 15 is 0 Å². The number of nitrogens with zero attached hydrogens (tertiary/aromatic N) is 1.